The molecule has 1 aliphatic heterocycles. The van der Waals surface area contributed by atoms with E-state index in [2.05, 4.69) is 0 Å². The monoisotopic (exact) mass is 359 g/mol. The molecular formula is C18H21N3O3S. The molecule has 0 spiro atoms. The summed E-state index contributed by atoms with van der Waals surface area (Å²) >= 11 is 0. The lowest BCUT2D eigenvalue weighted by Gasteiger charge is -2.30. The number of hydrogen-bond acceptors (Lipinski definition) is 4. The van der Waals surface area contributed by atoms with Crippen LogP contribution in [-0.2, 0) is 16.4 Å². The second-order valence-corrected chi connectivity index (χ2v) is 7.90. The molecule has 1 heterocycles. The number of nitrogens with zero attached hydrogens (tertiary/aromatic N) is 1. The maximum Gasteiger partial charge on any atom is 0.258 e. The van der Waals surface area contributed by atoms with Gasteiger partial charge in [-0.05, 0) is 67.6 Å². The van der Waals surface area contributed by atoms with Gasteiger partial charge in [-0.2, -0.15) is 0 Å². The van der Waals surface area contributed by atoms with Gasteiger partial charge in [0.1, 0.15) is 0 Å². The highest BCUT2D eigenvalue weighted by Gasteiger charge is 2.26. The fourth-order valence-corrected chi connectivity index (χ4v) is 4.14. The Kier molecular flexibility index (Phi) is 4.30. The number of nitrogens with two attached hydrogens (primary N) is 2. The molecule has 132 valence electrons. The molecule has 4 N–H and O–H groups in total. The highest BCUT2D eigenvalue weighted by atomic mass is 32.2. The molecule has 1 amide bonds. The SMILES string of the molecule is Cc1cc(C(=O)N2CCCc3c(N)cccc32)cc(S(N)(=O)=O)c1C. The number of fused-ring (bicyclic) bond motifs is 1. The van der Waals surface area contributed by atoms with Crippen molar-refractivity contribution in [2.24, 2.45) is 5.14 Å². The molecule has 0 unspecified atom stereocenters. The number of anilines is 2. The maximum atomic E-state index is 13.1. The number of benzene rings is 2. The first kappa shape index (κ1) is 17.4. The van der Waals surface area contributed by atoms with Crippen LogP contribution in [0, 0.1) is 13.8 Å². The van der Waals surface area contributed by atoms with Crippen molar-refractivity contribution in [1.29, 1.82) is 0 Å². The van der Waals surface area contributed by atoms with Gasteiger partial charge in [0.05, 0.1) is 4.90 Å². The number of hydrogen-bond donors (Lipinski definition) is 2. The number of aryl methyl sites for hydroxylation is 1. The Bertz CT molecular complexity index is 968. The van der Waals surface area contributed by atoms with Crippen LogP contribution in [0.2, 0.25) is 0 Å². The van der Waals surface area contributed by atoms with Gasteiger partial charge in [-0.3, -0.25) is 4.79 Å². The number of sulfonamides is 1. The molecular weight excluding hydrogens is 338 g/mol. The molecule has 0 fully saturated rings. The molecule has 7 heteroatoms. The van der Waals surface area contributed by atoms with Crippen LogP contribution in [0.4, 0.5) is 11.4 Å². The van der Waals surface area contributed by atoms with Crippen molar-refractivity contribution in [1.82, 2.24) is 0 Å². The summed E-state index contributed by atoms with van der Waals surface area (Å²) in [6.45, 7) is 4.01. The first-order chi connectivity index (χ1) is 11.7. The van der Waals surface area contributed by atoms with E-state index < -0.39 is 10.0 Å². The van der Waals surface area contributed by atoms with Crippen LogP contribution in [0.1, 0.15) is 33.5 Å². The van der Waals surface area contributed by atoms with Crippen molar-refractivity contribution >= 4 is 27.3 Å². The highest BCUT2D eigenvalue weighted by molar-refractivity contribution is 7.89. The maximum absolute atomic E-state index is 13.1. The van der Waals surface area contributed by atoms with Crippen LogP contribution < -0.4 is 15.8 Å². The third-order valence-electron chi connectivity index (χ3n) is 4.71. The molecule has 0 bridgehead atoms. The number of carbonyl (C=O) groups excluding carboxylic acids is 1. The molecule has 3 rings (SSSR count). The molecule has 0 aliphatic carbocycles. The molecule has 0 radical (unpaired) electrons. The number of carbonyl (C=O) groups is 1. The van der Waals surface area contributed by atoms with Crippen molar-refractivity contribution in [2.75, 3.05) is 17.2 Å². The van der Waals surface area contributed by atoms with E-state index in [9.17, 15) is 13.2 Å². The molecule has 1 aliphatic rings. The van der Waals surface area contributed by atoms with Gasteiger partial charge in [0.15, 0.2) is 0 Å². The standard InChI is InChI=1S/C18H21N3O3S/c1-11-9-13(10-17(12(11)2)25(20,23)24)18(22)21-8-4-5-14-15(19)6-3-7-16(14)21/h3,6-7,9-10H,4-5,8,19H2,1-2H3,(H2,20,23,24). The Labute approximate surface area is 147 Å². The summed E-state index contributed by atoms with van der Waals surface area (Å²) in [5.74, 6) is -0.250. The Morgan fingerprint density at radius 2 is 1.92 bits per heavy atom. The molecule has 2 aromatic rings. The van der Waals surface area contributed by atoms with E-state index in [-0.39, 0.29) is 10.8 Å². The van der Waals surface area contributed by atoms with Crippen molar-refractivity contribution in [3.8, 4) is 0 Å². The van der Waals surface area contributed by atoms with Gasteiger partial charge in [-0.1, -0.05) is 6.07 Å². The average Bonchev–Trinajstić information content (AvgIpc) is 2.55. The summed E-state index contributed by atoms with van der Waals surface area (Å²) in [4.78, 5) is 14.7. The largest absolute Gasteiger partial charge is 0.398 e. The Hall–Kier alpha value is -2.38. The first-order valence-electron chi connectivity index (χ1n) is 8.03. The van der Waals surface area contributed by atoms with Gasteiger partial charge in [-0.15, -0.1) is 0 Å². The summed E-state index contributed by atoms with van der Waals surface area (Å²) in [5.41, 5.74) is 10.0. The van der Waals surface area contributed by atoms with E-state index in [1.54, 1.807) is 24.8 Å². The minimum atomic E-state index is -3.90. The summed E-state index contributed by atoms with van der Waals surface area (Å²) in [7, 11) is -3.90. The van der Waals surface area contributed by atoms with Gasteiger partial charge < -0.3 is 10.6 Å². The van der Waals surface area contributed by atoms with Crippen LogP contribution in [-0.4, -0.2) is 20.9 Å². The summed E-state index contributed by atoms with van der Waals surface area (Å²) in [5, 5.41) is 5.30. The zero-order valence-electron chi connectivity index (χ0n) is 14.2. The van der Waals surface area contributed by atoms with E-state index in [0.717, 1.165) is 24.1 Å². The normalized spacial score (nSPS) is 14.3. The lowest BCUT2D eigenvalue weighted by molar-refractivity contribution is 0.0985. The van der Waals surface area contributed by atoms with Gasteiger partial charge in [0.25, 0.3) is 5.91 Å². The quantitative estimate of drug-likeness (QED) is 0.801. The minimum Gasteiger partial charge on any atom is -0.398 e. The van der Waals surface area contributed by atoms with Crippen LogP contribution >= 0.6 is 0 Å². The van der Waals surface area contributed by atoms with Crippen LogP contribution in [0.3, 0.4) is 0 Å². The molecule has 0 aromatic heterocycles. The summed E-state index contributed by atoms with van der Waals surface area (Å²) in [6, 6.07) is 8.57. The fourth-order valence-electron chi connectivity index (χ4n) is 3.26. The summed E-state index contributed by atoms with van der Waals surface area (Å²) < 4.78 is 23.7. The van der Waals surface area contributed by atoms with Gasteiger partial charge in [-0.25, -0.2) is 13.6 Å². The zero-order chi connectivity index (χ0) is 18.4. The van der Waals surface area contributed by atoms with Crippen molar-refractivity contribution in [3.05, 3.63) is 52.6 Å². The minimum absolute atomic E-state index is 0.0133. The molecule has 25 heavy (non-hydrogen) atoms. The van der Waals surface area contributed by atoms with Crippen molar-refractivity contribution < 1.29 is 13.2 Å². The molecule has 0 saturated carbocycles. The fraction of sp³-hybridized carbons (Fsp3) is 0.278. The van der Waals surface area contributed by atoms with Gasteiger partial charge >= 0.3 is 0 Å². The van der Waals surface area contributed by atoms with Crippen LogP contribution in [0.15, 0.2) is 35.2 Å². The number of amides is 1. The van der Waals surface area contributed by atoms with Crippen LogP contribution in [0.5, 0.6) is 0 Å². The smallest absolute Gasteiger partial charge is 0.258 e. The van der Waals surface area contributed by atoms with E-state index >= 15 is 0 Å². The average molecular weight is 359 g/mol. The predicted molar refractivity (Wildman–Crippen MR) is 98.1 cm³/mol. The number of primary sulfonamides is 1. The lowest BCUT2D eigenvalue weighted by atomic mass is 9.98. The molecule has 6 nitrogen and oxygen atoms in total. The van der Waals surface area contributed by atoms with E-state index in [1.807, 2.05) is 18.2 Å². The third kappa shape index (κ3) is 3.12. The van der Waals surface area contributed by atoms with E-state index in [0.29, 0.717) is 28.9 Å². The molecule has 0 atom stereocenters. The highest BCUT2D eigenvalue weighted by Crippen LogP contribution is 2.32. The second-order valence-electron chi connectivity index (χ2n) is 6.37. The zero-order valence-corrected chi connectivity index (χ0v) is 15.1. The molecule has 2 aromatic carbocycles. The predicted octanol–water partition coefficient (Wildman–Crippen LogP) is 2.13. The summed E-state index contributed by atoms with van der Waals surface area (Å²) in [6.07, 6.45) is 1.63. The topological polar surface area (TPSA) is 106 Å². The first-order valence-corrected chi connectivity index (χ1v) is 9.58. The van der Waals surface area contributed by atoms with Gasteiger partial charge in [0, 0.05) is 23.5 Å². The van der Waals surface area contributed by atoms with Crippen molar-refractivity contribution in [2.45, 2.75) is 31.6 Å². The lowest BCUT2D eigenvalue weighted by Crippen LogP contribution is -2.36. The number of rotatable bonds is 2. The van der Waals surface area contributed by atoms with E-state index in [4.69, 9.17) is 10.9 Å². The Balaban J connectivity index is 2.10. The van der Waals surface area contributed by atoms with Crippen molar-refractivity contribution in [3.63, 3.8) is 0 Å². The van der Waals surface area contributed by atoms with E-state index in [1.165, 1.54) is 6.07 Å². The Morgan fingerprint density at radius 3 is 2.60 bits per heavy atom. The number of nitrogen functional groups attached to an aromatic ring is 1. The third-order valence-corrected chi connectivity index (χ3v) is 5.74. The molecule has 0 saturated heterocycles. The van der Waals surface area contributed by atoms with Gasteiger partial charge in [0.2, 0.25) is 10.0 Å². The second kappa shape index (κ2) is 6.16. The Morgan fingerprint density at radius 1 is 1.20 bits per heavy atom. The van der Waals surface area contributed by atoms with Crippen LogP contribution in [0.25, 0.3) is 0 Å².